The predicted octanol–water partition coefficient (Wildman–Crippen LogP) is 2.38. The summed E-state index contributed by atoms with van der Waals surface area (Å²) < 4.78 is 12.9. The van der Waals surface area contributed by atoms with Gasteiger partial charge in [-0.25, -0.2) is 9.40 Å². The zero-order chi connectivity index (χ0) is 19.2. The van der Waals surface area contributed by atoms with Crippen LogP contribution >= 0.6 is 0 Å². The van der Waals surface area contributed by atoms with E-state index in [1.165, 1.54) is 24.3 Å². The Balaban J connectivity index is 1.64. The van der Waals surface area contributed by atoms with Gasteiger partial charge in [-0.3, -0.25) is 14.4 Å². The molecule has 0 bridgehead atoms. The molecular weight excluding hydrogens is 351 g/mol. The number of carbonyl (C=O) groups excluding carboxylic acids is 3. The molecule has 2 aromatic rings. The molecule has 3 rings (SSSR count). The molecule has 1 heterocycles. The van der Waals surface area contributed by atoms with Crippen LogP contribution in [0.25, 0.3) is 0 Å². The molecule has 1 aliphatic rings. The van der Waals surface area contributed by atoms with Gasteiger partial charge in [0.25, 0.3) is 5.91 Å². The summed E-state index contributed by atoms with van der Waals surface area (Å²) in [6, 6.07) is 14.1. The third kappa shape index (κ3) is 4.97. The molecule has 0 spiro atoms. The molecule has 27 heavy (non-hydrogen) atoms. The van der Waals surface area contributed by atoms with Crippen molar-refractivity contribution in [1.29, 1.82) is 0 Å². The highest BCUT2D eigenvalue weighted by Gasteiger charge is 2.26. The van der Waals surface area contributed by atoms with E-state index in [1.807, 2.05) is 6.07 Å². The number of halogens is 1. The molecule has 138 valence electrons. The van der Waals surface area contributed by atoms with Gasteiger partial charge in [-0.1, -0.05) is 18.2 Å². The van der Waals surface area contributed by atoms with Crippen LogP contribution in [-0.2, 0) is 14.4 Å². The molecule has 0 unspecified atom stereocenters. The van der Waals surface area contributed by atoms with E-state index in [2.05, 4.69) is 15.7 Å². The third-order valence-electron chi connectivity index (χ3n) is 3.82. The largest absolute Gasteiger partial charge is 0.324 e. The summed E-state index contributed by atoms with van der Waals surface area (Å²) in [5.74, 6) is -1.68. The number of hydrogen-bond donors (Lipinski definition) is 2. The van der Waals surface area contributed by atoms with Crippen LogP contribution in [0.4, 0.5) is 15.8 Å². The maximum absolute atomic E-state index is 12.9. The van der Waals surface area contributed by atoms with Crippen LogP contribution in [0.1, 0.15) is 12.8 Å². The second-order valence-electron chi connectivity index (χ2n) is 5.87. The molecule has 2 N–H and O–H groups in total. The van der Waals surface area contributed by atoms with Crippen LogP contribution in [-0.4, -0.2) is 35.0 Å². The number of amides is 3. The molecule has 8 heteroatoms. The molecule has 0 aliphatic carbocycles. The summed E-state index contributed by atoms with van der Waals surface area (Å²) >= 11 is 0. The fourth-order valence-electron chi connectivity index (χ4n) is 2.48. The van der Waals surface area contributed by atoms with Crippen LogP contribution in [0.3, 0.4) is 0 Å². The summed E-state index contributed by atoms with van der Waals surface area (Å²) in [6.45, 7) is -0.335. The fourth-order valence-corrected chi connectivity index (χ4v) is 2.48. The Hall–Kier alpha value is -3.55. The van der Waals surface area contributed by atoms with Crippen molar-refractivity contribution in [3.05, 3.63) is 60.4 Å². The van der Waals surface area contributed by atoms with Gasteiger partial charge in [0, 0.05) is 24.2 Å². The molecule has 7 nitrogen and oxygen atoms in total. The quantitative estimate of drug-likeness (QED) is 0.849. The normalized spacial score (nSPS) is 13.7. The standard InChI is InChI=1S/C19H17FN4O3/c20-13-6-8-15(9-7-13)21-17(25)12-24-18(26)11-10-16(23-24)19(27)22-14-4-2-1-3-5-14/h1-9H,10-12H2,(H,21,25)(H,22,27). The molecule has 0 fully saturated rings. The van der Waals surface area contributed by atoms with Crippen molar-refractivity contribution in [2.45, 2.75) is 12.8 Å². The number of rotatable bonds is 5. The topological polar surface area (TPSA) is 90.9 Å². The number of hydrogen-bond acceptors (Lipinski definition) is 4. The second-order valence-corrected chi connectivity index (χ2v) is 5.87. The van der Waals surface area contributed by atoms with E-state index >= 15 is 0 Å². The van der Waals surface area contributed by atoms with Gasteiger partial charge in [-0.05, 0) is 36.4 Å². The number of nitrogens with zero attached hydrogens (tertiary/aromatic N) is 2. The van der Waals surface area contributed by atoms with E-state index in [1.54, 1.807) is 24.3 Å². The van der Waals surface area contributed by atoms with Crippen molar-refractivity contribution >= 4 is 34.8 Å². The van der Waals surface area contributed by atoms with Crippen LogP contribution < -0.4 is 10.6 Å². The number of nitrogens with one attached hydrogen (secondary N) is 2. The molecule has 0 aromatic heterocycles. The van der Waals surface area contributed by atoms with Crippen molar-refractivity contribution in [3.8, 4) is 0 Å². The van der Waals surface area contributed by atoms with Gasteiger partial charge in [0.1, 0.15) is 18.1 Å². The molecule has 0 radical (unpaired) electrons. The highest BCUT2D eigenvalue weighted by molar-refractivity contribution is 6.43. The fraction of sp³-hybridized carbons (Fsp3) is 0.158. The van der Waals surface area contributed by atoms with Crippen molar-refractivity contribution < 1.29 is 18.8 Å². The number of carbonyl (C=O) groups is 3. The van der Waals surface area contributed by atoms with Crippen LogP contribution in [0.5, 0.6) is 0 Å². The Morgan fingerprint density at radius 3 is 2.33 bits per heavy atom. The average molecular weight is 368 g/mol. The number of para-hydroxylation sites is 1. The highest BCUT2D eigenvalue weighted by Crippen LogP contribution is 2.13. The first-order valence-electron chi connectivity index (χ1n) is 8.31. The minimum absolute atomic E-state index is 0.0882. The van der Waals surface area contributed by atoms with Crippen LogP contribution in [0, 0.1) is 5.82 Å². The Morgan fingerprint density at radius 1 is 0.963 bits per heavy atom. The van der Waals surface area contributed by atoms with Crippen molar-refractivity contribution in [3.63, 3.8) is 0 Å². The van der Waals surface area contributed by atoms with Crippen molar-refractivity contribution in [1.82, 2.24) is 5.01 Å². The Kier molecular flexibility index (Phi) is 5.55. The van der Waals surface area contributed by atoms with Crippen molar-refractivity contribution in [2.24, 2.45) is 5.10 Å². The van der Waals surface area contributed by atoms with Gasteiger partial charge in [0.2, 0.25) is 11.8 Å². The molecule has 0 atom stereocenters. The Bertz CT molecular complexity index is 882. The minimum atomic E-state index is -0.497. The predicted molar refractivity (Wildman–Crippen MR) is 98.5 cm³/mol. The molecule has 0 saturated heterocycles. The van der Waals surface area contributed by atoms with Gasteiger partial charge in [-0.15, -0.1) is 0 Å². The highest BCUT2D eigenvalue weighted by atomic mass is 19.1. The van der Waals surface area contributed by atoms with E-state index in [0.717, 1.165) is 5.01 Å². The monoisotopic (exact) mass is 368 g/mol. The van der Waals surface area contributed by atoms with E-state index in [0.29, 0.717) is 11.4 Å². The summed E-state index contributed by atoms with van der Waals surface area (Å²) in [4.78, 5) is 36.4. The summed E-state index contributed by atoms with van der Waals surface area (Å²) in [7, 11) is 0. The lowest BCUT2D eigenvalue weighted by atomic mass is 10.1. The summed E-state index contributed by atoms with van der Waals surface area (Å²) in [6.07, 6.45) is 0.290. The summed E-state index contributed by atoms with van der Waals surface area (Å²) in [5.41, 5.74) is 1.19. The lowest BCUT2D eigenvalue weighted by Gasteiger charge is -2.22. The van der Waals surface area contributed by atoms with Gasteiger partial charge in [0.15, 0.2) is 0 Å². The second kappa shape index (κ2) is 8.22. The molecular formula is C19H17FN4O3. The first-order chi connectivity index (χ1) is 13.0. The minimum Gasteiger partial charge on any atom is -0.324 e. The first-order valence-corrected chi connectivity index (χ1v) is 8.31. The average Bonchev–Trinajstić information content (AvgIpc) is 2.66. The van der Waals surface area contributed by atoms with Crippen LogP contribution in [0.15, 0.2) is 59.7 Å². The van der Waals surface area contributed by atoms with E-state index in [9.17, 15) is 18.8 Å². The van der Waals surface area contributed by atoms with Crippen LogP contribution in [0.2, 0.25) is 0 Å². The first kappa shape index (κ1) is 18.2. The zero-order valence-corrected chi connectivity index (χ0v) is 14.3. The number of benzene rings is 2. The van der Waals surface area contributed by atoms with Gasteiger partial charge < -0.3 is 10.6 Å². The molecule has 2 aromatic carbocycles. The number of anilines is 2. The van der Waals surface area contributed by atoms with Gasteiger partial charge in [-0.2, -0.15) is 5.10 Å². The maximum atomic E-state index is 12.9. The zero-order valence-electron chi connectivity index (χ0n) is 14.3. The lowest BCUT2D eigenvalue weighted by molar-refractivity contribution is -0.135. The SMILES string of the molecule is O=C(CN1N=C(C(=O)Nc2ccccc2)CCC1=O)Nc1ccc(F)cc1. The third-order valence-corrected chi connectivity index (χ3v) is 3.82. The van der Waals surface area contributed by atoms with Gasteiger partial charge >= 0.3 is 0 Å². The molecule has 0 saturated carbocycles. The Morgan fingerprint density at radius 2 is 1.63 bits per heavy atom. The molecule has 1 aliphatic heterocycles. The number of hydrazone groups is 1. The smallest absolute Gasteiger partial charge is 0.271 e. The lowest BCUT2D eigenvalue weighted by Crippen LogP contribution is -2.40. The van der Waals surface area contributed by atoms with E-state index < -0.39 is 17.6 Å². The summed E-state index contributed by atoms with van der Waals surface area (Å²) in [5, 5.41) is 10.2. The van der Waals surface area contributed by atoms with Gasteiger partial charge in [0.05, 0.1) is 0 Å². The Labute approximate surface area is 154 Å². The maximum Gasteiger partial charge on any atom is 0.271 e. The van der Waals surface area contributed by atoms with E-state index in [4.69, 9.17) is 0 Å². The van der Waals surface area contributed by atoms with Crippen molar-refractivity contribution in [2.75, 3.05) is 17.2 Å². The van der Waals surface area contributed by atoms with E-state index in [-0.39, 0.29) is 31.0 Å². The molecule has 3 amide bonds.